The maximum atomic E-state index is 12.3. The van der Waals surface area contributed by atoms with Crippen molar-refractivity contribution in [2.24, 2.45) is 5.92 Å². The number of benzene rings is 2. The molecular weight excluding hydrogens is 630 g/mol. The Kier molecular flexibility index (Phi) is 11.2. The summed E-state index contributed by atoms with van der Waals surface area (Å²) in [6.07, 6.45) is 4.49. The van der Waals surface area contributed by atoms with Gasteiger partial charge in [0.05, 0.1) is 31.5 Å². The second-order valence-corrected chi connectivity index (χ2v) is 14.1. The Balaban J connectivity index is 0.00000139. The van der Waals surface area contributed by atoms with E-state index < -0.39 is 5.79 Å². The molecule has 0 saturated carbocycles. The zero-order chi connectivity index (χ0) is 35.3. The minimum atomic E-state index is -0.499. The van der Waals surface area contributed by atoms with E-state index in [2.05, 4.69) is 64.6 Å². The highest BCUT2D eigenvalue weighted by molar-refractivity contribution is 5.97. The van der Waals surface area contributed by atoms with E-state index in [9.17, 15) is 4.79 Å². The van der Waals surface area contributed by atoms with Crippen LogP contribution < -0.4 is 14.5 Å². The standard InChI is InChI=1S/C37H48N6O4.C2H3N/c1-5-33(44)40-17-19-41(20-18-40)35-30-14-16-43(32-13-7-11-28-10-6-9-26(2)34(28)32)22-31(30)38-36(39-35)45-25-29-12-8-15-42(29)21-27-23-46-37(3,4)47-24-27;1-2-3/h5-7,9-11,13,27,29H,1,8,12,14-25H2,2-4H3;1H3. The van der Waals surface area contributed by atoms with Crippen molar-refractivity contribution in [3.05, 3.63) is 65.9 Å². The molecule has 0 spiro atoms. The van der Waals surface area contributed by atoms with Gasteiger partial charge in [0.15, 0.2) is 5.79 Å². The predicted molar refractivity (Wildman–Crippen MR) is 195 cm³/mol. The highest BCUT2D eigenvalue weighted by Gasteiger charge is 2.34. The molecular formula is C39H51N7O4. The first-order chi connectivity index (χ1) is 24.2. The van der Waals surface area contributed by atoms with Crippen LogP contribution >= 0.6 is 0 Å². The number of nitrogens with zero attached hydrogens (tertiary/aromatic N) is 7. The third-order valence-corrected chi connectivity index (χ3v) is 10.2. The van der Waals surface area contributed by atoms with E-state index in [1.54, 1.807) is 6.07 Å². The number of aromatic nitrogens is 2. The summed E-state index contributed by atoms with van der Waals surface area (Å²) in [5.41, 5.74) is 4.73. The molecule has 11 nitrogen and oxygen atoms in total. The summed E-state index contributed by atoms with van der Waals surface area (Å²) in [6, 6.07) is 15.6. The lowest BCUT2D eigenvalue weighted by atomic mass is 9.99. The fourth-order valence-electron chi connectivity index (χ4n) is 7.62. The molecule has 4 aliphatic heterocycles. The van der Waals surface area contributed by atoms with E-state index in [1.165, 1.54) is 40.6 Å². The first-order valence-electron chi connectivity index (χ1n) is 17.9. The number of aryl methyl sites for hydroxylation is 1. The van der Waals surface area contributed by atoms with Crippen LogP contribution in [0.4, 0.5) is 11.5 Å². The summed E-state index contributed by atoms with van der Waals surface area (Å²) in [4.78, 5) is 31.6. The molecule has 0 radical (unpaired) electrons. The molecule has 50 heavy (non-hydrogen) atoms. The number of hydrogen-bond donors (Lipinski definition) is 0. The van der Waals surface area contributed by atoms with Crippen molar-refractivity contribution < 1.29 is 19.0 Å². The fraction of sp³-hybridized carbons (Fsp3) is 0.538. The molecule has 3 saturated heterocycles. The maximum absolute atomic E-state index is 12.3. The summed E-state index contributed by atoms with van der Waals surface area (Å²) >= 11 is 0. The second-order valence-electron chi connectivity index (χ2n) is 14.1. The molecule has 1 aromatic heterocycles. The largest absolute Gasteiger partial charge is 0.462 e. The first-order valence-corrected chi connectivity index (χ1v) is 17.9. The number of fused-ring (bicyclic) bond motifs is 2. The van der Waals surface area contributed by atoms with E-state index in [4.69, 9.17) is 29.4 Å². The van der Waals surface area contributed by atoms with Gasteiger partial charge in [-0.15, -0.1) is 0 Å². The average Bonchev–Trinajstić information content (AvgIpc) is 3.57. The Morgan fingerprint density at radius 3 is 2.50 bits per heavy atom. The molecule has 3 aromatic rings. The molecule has 11 heteroatoms. The summed E-state index contributed by atoms with van der Waals surface area (Å²) in [5, 5.41) is 9.87. The van der Waals surface area contributed by atoms with Crippen molar-refractivity contribution in [2.75, 3.05) is 75.4 Å². The number of ether oxygens (including phenoxy) is 3. The number of anilines is 2. The van der Waals surface area contributed by atoms with Crippen LogP contribution in [0.3, 0.4) is 0 Å². The topological polar surface area (TPSA) is 107 Å². The number of rotatable bonds is 8. The van der Waals surface area contributed by atoms with Gasteiger partial charge in [0.2, 0.25) is 5.91 Å². The van der Waals surface area contributed by atoms with Crippen molar-refractivity contribution in [1.82, 2.24) is 19.8 Å². The smallest absolute Gasteiger partial charge is 0.318 e. The molecule has 0 bridgehead atoms. The molecule has 7 rings (SSSR count). The van der Waals surface area contributed by atoms with Crippen LogP contribution in [0.5, 0.6) is 6.01 Å². The van der Waals surface area contributed by atoms with Crippen LogP contribution in [0.2, 0.25) is 0 Å². The van der Waals surface area contributed by atoms with Crippen molar-refractivity contribution in [3.63, 3.8) is 0 Å². The fourth-order valence-corrected chi connectivity index (χ4v) is 7.62. The van der Waals surface area contributed by atoms with Gasteiger partial charge in [0, 0.05) is 74.8 Å². The van der Waals surface area contributed by atoms with E-state index >= 15 is 0 Å². The van der Waals surface area contributed by atoms with Crippen LogP contribution in [0.1, 0.15) is 50.4 Å². The van der Waals surface area contributed by atoms with Gasteiger partial charge in [-0.1, -0.05) is 36.9 Å². The van der Waals surface area contributed by atoms with Crippen LogP contribution in [-0.4, -0.2) is 103 Å². The van der Waals surface area contributed by atoms with Gasteiger partial charge in [0.1, 0.15) is 12.4 Å². The zero-order valence-corrected chi connectivity index (χ0v) is 30.1. The zero-order valence-electron chi connectivity index (χ0n) is 30.1. The summed E-state index contributed by atoms with van der Waals surface area (Å²) in [6.45, 7) is 19.5. The number of nitriles is 1. The molecule has 3 fully saturated rings. The van der Waals surface area contributed by atoms with Gasteiger partial charge in [-0.25, -0.2) is 0 Å². The normalized spacial score (nSPS) is 20.9. The Bertz CT molecular complexity index is 1700. The highest BCUT2D eigenvalue weighted by atomic mass is 16.7. The predicted octanol–water partition coefficient (Wildman–Crippen LogP) is 5.11. The van der Waals surface area contributed by atoms with E-state index in [0.717, 1.165) is 50.4 Å². The van der Waals surface area contributed by atoms with Crippen molar-refractivity contribution in [3.8, 4) is 12.1 Å². The van der Waals surface area contributed by atoms with Gasteiger partial charge in [-0.2, -0.15) is 15.2 Å². The Hall–Kier alpha value is -4.24. The lowest BCUT2D eigenvalue weighted by Gasteiger charge is -2.38. The highest BCUT2D eigenvalue weighted by Crippen LogP contribution is 2.36. The van der Waals surface area contributed by atoms with Crippen molar-refractivity contribution in [2.45, 2.75) is 65.3 Å². The van der Waals surface area contributed by atoms with Gasteiger partial charge in [0.25, 0.3) is 0 Å². The van der Waals surface area contributed by atoms with E-state index in [-0.39, 0.29) is 5.91 Å². The molecule has 2 aromatic carbocycles. The van der Waals surface area contributed by atoms with Gasteiger partial charge in [-0.3, -0.25) is 9.69 Å². The third-order valence-electron chi connectivity index (χ3n) is 10.2. The molecule has 4 aliphatic rings. The monoisotopic (exact) mass is 681 g/mol. The van der Waals surface area contributed by atoms with Crippen LogP contribution in [0, 0.1) is 24.2 Å². The summed E-state index contributed by atoms with van der Waals surface area (Å²) < 4.78 is 18.4. The molecule has 266 valence electrons. The van der Waals surface area contributed by atoms with Crippen LogP contribution in [0.15, 0.2) is 49.1 Å². The van der Waals surface area contributed by atoms with Gasteiger partial charge >= 0.3 is 6.01 Å². The van der Waals surface area contributed by atoms with Crippen molar-refractivity contribution in [1.29, 1.82) is 5.26 Å². The molecule has 0 N–H and O–H groups in total. The van der Waals surface area contributed by atoms with E-state index in [0.29, 0.717) is 70.5 Å². The Labute approximate surface area is 296 Å². The summed E-state index contributed by atoms with van der Waals surface area (Å²) in [7, 11) is 0. The molecule has 5 heterocycles. The second kappa shape index (κ2) is 15.8. The average molecular weight is 682 g/mol. The number of piperazine rings is 1. The van der Waals surface area contributed by atoms with Crippen molar-refractivity contribution >= 4 is 28.2 Å². The Morgan fingerprint density at radius 2 is 1.78 bits per heavy atom. The van der Waals surface area contributed by atoms with E-state index in [1.807, 2.05) is 18.7 Å². The van der Waals surface area contributed by atoms with Crippen LogP contribution in [-0.2, 0) is 27.2 Å². The lowest BCUT2D eigenvalue weighted by molar-refractivity contribution is -0.263. The third kappa shape index (κ3) is 8.04. The quantitative estimate of drug-likeness (QED) is 0.298. The van der Waals surface area contributed by atoms with Crippen LogP contribution in [0.25, 0.3) is 10.8 Å². The molecule has 1 amide bonds. The van der Waals surface area contributed by atoms with Gasteiger partial charge in [-0.05, 0) is 69.7 Å². The van der Waals surface area contributed by atoms with Gasteiger partial charge < -0.3 is 28.9 Å². The first kappa shape index (κ1) is 35.6. The summed E-state index contributed by atoms with van der Waals surface area (Å²) in [5.74, 6) is 0.787. The number of hydrogen-bond acceptors (Lipinski definition) is 10. The number of amides is 1. The maximum Gasteiger partial charge on any atom is 0.318 e. The number of carbonyl (C=O) groups is 1. The lowest BCUT2D eigenvalue weighted by Crippen LogP contribution is -2.49. The number of carbonyl (C=O) groups excluding carboxylic acids is 1. The minimum absolute atomic E-state index is 0.0180. The Morgan fingerprint density at radius 1 is 1.06 bits per heavy atom. The molecule has 0 aliphatic carbocycles. The minimum Gasteiger partial charge on any atom is -0.462 e. The molecule has 1 unspecified atom stereocenters. The number of likely N-dealkylation sites (tertiary alicyclic amines) is 1. The molecule has 1 atom stereocenters. The SMILES string of the molecule is C=CC(=O)N1CCN(c2nc(OCC3CCCN3CC3COC(C)(C)OC3)nc3c2CCN(c2cccc4cccc(C)c24)C3)CC1.CC#N.